The van der Waals surface area contributed by atoms with Crippen molar-refractivity contribution in [1.29, 1.82) is 0 Å². The van der Waals surface area contributed by atoms with E-state index in [0.29, 0.717) is 30.8 Å². The van der Waals surface area contributed by atoms with Crippen LogP contribution >= 0.6 is 0 Å². The smallest absolute Gasteiger partial charge is 0.220 e. The molecule has 0 saturated carbocycles. The summed E-state index contributed by atoms with van der Waals surface area (Å²) in [5.41, 5.74) is 0.615. The van der Waals surface area contributed by atoms with Crippen molar-refractivity contribution in [2.24, 2.45) is 0 Å². The second-order valence-corrected chi connectivity index (χ2v) is 4.39. The van der Waals surface area contributed by atoms with Crippen molar-refractivity contribution in [3.05, 3.63) is 29.8 Å². The molecule has 1 fully saturated rings. The Balaban J connectivity index is 2.00. The first kappa shape index (κ1) is 12.6. The third kappa shape index (κ3) is 2.88. The topological polar surface area (TPSA) is 55.4 Å². The number of Topliss-reactive ketones (excluding diaryl/α,β-unsaturated/α-hetero) is 1. The number of ether oxygens (including phenoxy) is 1. The number of amides is 1. The summed E-state index contributed by atoms with van der Waals surface area (Å²) in [4.78, 5) is 22.8. The lowest BCUT2D eigenvalue weighted by atomic mass is 10.1. The van der Waals surface area contributed by atoms with Gasteiger partial charge >= 0.3 is 0 Å². The summed E-state index contributed by atoms with van der Waals surface area (Å²) in [5, 5.41) is 2.84. The van der Waals surface area contributed by atoms with Gasteiger partial charge in [0.05, 0.1) is 11.6 Å². The molecule has 1 aliphatic rings. The Morgan fingerprint density at radius 1 is 1.44 bits per heavy atom. The zero-order valence-corrected chi connectivity index (χ0v) is 10.4. The molecule has 4 nitrogen and oxygen atoms in total. The van der Waals surface area contributed by atoms with Crippen LogP contribution < -0.4 is 10.1 Å². The number of hydrogen-bond donors (Lipinski definition) is 1. The summed E-state index contributed by atoms with van der Waals surface area (Å²) in [6.07, 6.45) is 1.81. The lowest BCUT2D eigenvalue weighted by molar-refractivity contribution is -0.119. The van der Waals surface area contributed by atoms with Crippen molar-refractivity contribution in [3.8, 4) is 5.75 Å². The molecule has 4 heteroatoms. The van der Waals surface area contributed by atoms with Gasteiger partial charge in [0.2, 0.25) is 5.91 Å². The molecule has 0 bridgehead atoms. The number of ketones is 1. The predicted octanol–water partition coefficient (Wildman–Crippen LogP) is 1.94. The summed E-state index contributed by atoms with van der Waals surface area (Å²) >= 11 is 0. The molecular formula is C14H17NO3. The van der Waals surface area contributed by atoms with Gasteiger partial charge in [-0.15, -0.1) is 0 Å². The third-order valence-electron chi connectivity index (χ3n) is 3.03. The molecule has 1 heterocycles. The maximum absolute atomic E-state index is 11.7. The molecule has 18 heavy (non-hydrogen) atoms. The fourth-order valence-electron chi connectivity index (χ4n) is 2.01. The Bertz CT molecular complexity index is 456. The van der Waals surface area contributed by atoms with Gasteiger partial charge in [-0.25, -0.2) is 0 Å². The summed E-state index contributed by atoms with van der Waals surface area (Å²) in [5.74, 6) is 0.744. The van der Waals surface area contributed by atoms with Crippen molar-refractivity contribution < 1.29 is 14.3 Å². The summed E-state index contributed by atoms with van der Waals surface area (Å²) in [6.45, 7) is 2.25. The minimum absolute atomic E-state index is 0.0577. The maximum Gasteiger partial charge on any atom is 0.220 e. The second-order valence-electron chi connectivity index (χ2n) is 4.39. The lowest BCUT2D eigenvalue weighted by Gasteiger charge is -2.14. The second kappa shape index (κ2) is 5.67. The van der Waals surface area contributed by atoms with Crippen LogP contribution in [0.5, 0.6) is 5.75 Å². The van der Waals surface area contributed by atoms with Crippen molar-refractivity contribution >= 4 is 11.7 Å². The predicted molar refractivity (Wildman–Crippen MR) is 67.7 cm³/mol. The number of carbonyl (C=O) groups is 2. The van der Waals surface area contributed by atoms with E-state index in [1.54, 1.807) is 12.1 Å². The van der Waals surface area contributed by atoms with E-state index >= 15 is 0 Å². The number of para-hydroxylation sites is 1. The Kier molecular flexibility index (Phi) is 3.97. The van der Waals surface area contributed by atoms with Crippen LogP contribution in [0.25, 0.3) is 0 Å². The highest BCUT2D eigenvalue weighted by Crippen LogP contribution is 2.20. The lowest BCUT2D eigenvalue weighted by Crippen LogP contribution is -2.31. The van der Waals surface area contributed by atoms with E-state index in [-0.39, 0.29) is 17.7 Å². The number of rotatable bonds is 5. The molecule has 1 atom stereocenters. The highest BCUT2D eigenvalue weighted by Gasteiger charge is 2.21. The maximum atomic E-state index is 11.7. The monoisotopic (exact) mass is 247 g/mol. The number of benzene rings is 1. The molecule has 1 aromatic carbocycles. The zero-order valence-electron chi connectivity index (χ0n) is 10.4. The normalized spacial score (nSPS) is 18.5. The van der Waals surface area contributed by atoms with Gasteiger partial charge in [0.1, 0.15) is 12.4 Å². The van der Waals surface area contributed by atoms with Crippen LogP contribution in [-0.4, -0.2) is 24.3 Å². The van der Waals surface area contributed by atoms with Crippen LogP contribution in [0.15, 0.2) is 24.3 Å². The summed E-state index contributed by atoms with van der Waals surface area (Å²) in [7, 11) is 0. The molecule has 0 aromatic heterocycles. The Labute approximate surface area is 106 Å². The highest BCUT2D eigenvalue weighted by molar-refractivity contribution is 5.98. The first-order valence-electron chi connectivity index (χ1n) is 6.25. The number of carbonyl (C=O) groups excluding carboxylic acids is 2. The quantitative estimate of drug-likeness (QED) is 0.809. The van der Waals surface area contributed by atoms with Crippen LogP contribution in [0, 0.1) is 0 Å². The van der Waals surface area contributed by atoms with E-state index in [0.717, 1.165) is 6.42 Å². The van der Waals surface area contributed by atoms with Crippen LogP contribution in [0.2, 0.25) is 0 Å². The van der Waals surface area contributed by atoms with Gasteiger partial charge in [0, 0.05) is 12.8 Å². The van der Waals surface area contributed by atoms with Crippen LogP contribution in [0.4, 0.5) is 0 Å². The van der Waals surface area contributed by atoms with Crippen molar-refractivity contribution in [1.82, 2.24) is 5.32 Å². The molecule has 1 N–H and O–H groups in total. The molecule has 0 spiro atoms. The largest absolute Gasteiger partial charge is 0.491 e. The van der Waals surface area contributed by atoms with Gasteiger partial charge in [0.25, 0.3) is 0 Å². The van der Waals surface area contributed by atoms with E-state index in [4.69, 9.17) is 4.74 Å². The van der Waals surface area contributed by atoms with Gasteiger partial charge in [-0.2, -0.15) is 0 Å². The third-order valence-corrected chi connectivity index (χ3v) is 3.03. The fourth-order valence-corrected chi connectivity index (χ4v) is 2.01. The minimum atomic E-state index is 0.0577. The fraction of sp³-hybridized carbons (Fsp3) is 0.429. The molecule has 1 aromatic rings. The van der Waals surface area contributed by atoms with E-state index in [1.807, 2.05) is 19.1 Å². The first-order chi connectivity index (χ1) is 8.70. The molecule has 0 aliphatic carbocycles. The summed E-state index contributed by atoms with van der Waals surface area (Å²) < 4.78 is 5.66. The van der Waals surface area contributed by atoms with E-state index in [2.05, 4.69) is 5.32 Å². The van der Waals surface area contributed by atoms with Crippen LogP contribution in [0.1, 0.15) is 36.5 Å². The van der Waals surface area contributed by atoms with E-state index in [1.165, 1.54) is 0 Å². The number of hydrogen-bond acceptors (Lipinski definition) is 3. The molecule has 1 unspecified atom stereocenters. The van der Waals surface area contributed by atoms with Crippen LogP contribution in [0.3, 0.4) is 0 Å². The molecule has 1 saturated heterocycles. The van der Waals surface area contributed by atoms with E-state index in [9.17, 15) is 9.59 Å². The molecule has 1 amide bonds. The molecule has 0 radical (unpaired) electrons. The van der Waals surface area contributed by atoms with Gasteiger partial charge in [-0.05, 0) is 18.6 Å². The number of nitrogens with one attached hydrogen (secondary N) is 1. The van der Waals surface area contributed by atoms with E-state index < -0.39 is 0 Å². The molecule has 2 rings (SSSR count). The van der Waals surface area contributed by atoms with Gasteiger partial charge in [-0.3, -0.25) is 9.59 Å². The average Bonchev–Trinajstić information content (AvgIpc) is 2.81. The first-order valence-corrected chi connectivity index (χ1v) is 6.25. The molecule has 96 valence electrons. The average molecular weight is 247 g/mol. The zero-order chi connectivity index (χ0) is 13.0. The SMILES string of the molecule is CCC(=O)c1ccccc1OCC1CCC(=O)N1. The highest BCUT2D eigenvalue weighted by atomic mass is 16.5. The van der Waals surface area contributed by atoms with Crippen molar-refractivity contribution in [2.45, 2.75) is 32.2 Å². The van der Waals surface area contributed by atoms with Crippen molar-refractivity contribution in [3.63, 3.8) is 0 Å². The van der Waals surface area contributed by atoms with Crippen molar-refractivity contribution in [2.75, 3.05) is 6.61 Å². The standard InChI is InChI=1S/C14H17NO3/c1-2-12(16)11-5-3-4-6-13(11)18-9-10-7-8-14(17)15-10/h3-6,10H,2,7-9H2,1H3,(H,15,17). The molecular weight excluding hydrogens is 230 g/mol. The molecule has 1 aliphatic heterocycles. The Hall–Kier alpha value is -1.84. The Morgan fingerprint density at radius 3 is 2.89 bits per heavy atom. The van der Waals surface area contributed by atoms with Gasteiger partial charge in [0.15, 0.2) is 5.78 Å². The summed E-state index contributed by atoms with van der Waals surface area (Å²) in [6, 6.07) is 7.29. The van der Waals surface area contributed by atoms with Gasteiger partial charge in [-0.1, -0.05) is 19.1 Å². The Morgan fingerprint density at radius 2 is 2.22 bits per heavy atom. The van der Waals surface area contributed by atoms with Gasteiger partial charge < -0.3 is 10.1 Å². The van der Waals surface area contributed by atoms with Crippen LogP contribution in [-0.2, 0) is 4.79 Å². The minimum Gasteiger partial charge on any atom is -0.491 e.